The van der Waals surface area contributed by atoms with Crippen LogP contribution in [0.4, 0.5) is 0 Å². The normalized spacial score (nSPS) is 27.7. The summed E-state index contributed by atoms with van der Waals surface area (Å²) in [4.78, 5) is 0. The molecule has 1 saturated heterocycles. The number of aliphatic hydroxyl groups is 1. The molecule has 0 aliphatic carbocycles. The van der Waals surface area contributed by atoms with Crippen LogP contribution in [0.2, 0.25) is 0 Å². The Kier molecular flexibility index (Phi) is 4.87. The molecule has 138 valence electrons. The molecule has 4 rings (SSSR count). The Balaban J connectivity index is 1.58. The highest BCUT2D eigenvalue weighted by Gasteiger charge is 2.47. The van der Waals surface area contributed by atoms with Gasteiger partial charge < -0.3 is 14.6 Å². The van der Waals surface area contributed by atoms with Crippen molar-refractivity contribution in [2.24, 2.45) is 0 Å². The van der Waals surface area contributed by atoms with Crippen molar-refractivity contribution in [2.45, 2.75) is 70.6 Å². The summed E-state index contributed by atoms with van der Waals surface area (Å²) in [6.45, 7) is 4.77. The average molecular weight is 352 g/mol. The minimum atomic E-state index is -0.770. The molecule has 1 fully saturated rings. The predicted octanol–water partition coefficient (Wildman–Crippen LogP) is 4.47. The van der Waals surface area contributed by atoms with Gasteiger partial charge in [-0.2, -0.15) is 0 Å². The van der Waals surface area contributed by atoms with Gasteiger partial charge in [0.05, 0.1) is 18.8 Å². The van der Waals surface area contributed by atoms with Crippen LogP contribution in [0, 0.1) is 0 Å². The van der Waals surface area contributed by atoms with E-state index in [1.54, 1.807) is 0 Å². The van der Waals surface area contributed by atoms with Crippen molar-refractivity contribution < 1.29 is 14.6 Å². The van der Waals surface area contributed by atoms with Gasteiger partial charge in [-0.1, -0.05) is 49.7 Å². The van der Waals surface area contributed by atoms with E-state index in [1.165, 1.54) is 28.7 Å². The Morgan fingerprint density at radius 3 is 2.54 bits per heavy atom. The quantitative estimate of drug-likeness (QED) is 0.882. The van der Waals surface area contributed by atoms with Crippen molar-refractivity contribution in [3.8, 4) is 0 Å². The lowest BCUT2D eigenvalue weighted by molar-refractivity contribution is -0.295. The number of ether oxygens (including phenoxy) is 2. The van der Waals surface area contributed by atoms with Crippen LogP contribution in [0.15, 0.2) is 42.5 Å². The van der Waals surface area contributed by atoms with E-state index in [0.717, 1.165) is 18.4 Å². The van der Waals surface area contributed by atoms with Crippen LogP contribution in [0.1, 0.15) is 60.9 Å². The minimum absolute atomic E-state index is 0.000494. The lowest BCUT2D eigenvalue weighted by Crippen LogP contribution is -2.43. The maximum atomic E-state index is 10.2. The van der Waals surface area contributed by atoms with Crippen molar-refractivity contribution in [2.75, 3.05) is 0 Å². The third-order valence-electron chi connectivity index (χ3n) is 5.52. The molecule has 2 unspecified atom stereocenters. The molecule has 1 N–H and O–H groups in total. The van der Waals surface area contributed by atoms with Crippen molar-refractivity contribution in [1.29, 1.82) is 0 Å². The SMILES string of the molecule is CCCc1ccc(Cc2ccc3c(c2)[C@]2(CC(O)CC(C)O2)OC3)cc1. The number of aryl methyl sites for hydroxylation is 1. The van der Waals surface area contributed by atoms with Gasteiger partial charge in [-0.3, -0.25) is 0 Å². The lowest BCUT2D eigenvalue weighted by Gasteiger charge is -2.39. The highest BCUT2D eigenvalue weighted by atomic mass is 16.7. The number of aliphatic hydroxyl groups excluding tert-OH is 1. The van der Waals surface area contributed by atoms with Crippen molar-refractivity contribution in [3.63, 3.8) is 0 Å². The topological polar surface area (TPSA) is 38.7 Å². The van der Waals surface area contributed by atoms with Gasteiger partial charge in [-0.25, -0.2) is 0 Å². The van der Waals surface area contributed by atoms with Gasteiger partial charge >= 0.3 is 0 Å². The fraction of sp³-hybridized carbons (Fsp3) is 0.478. The van der Waals surface area contributed by atoms with Crippen LogP contribution in [0.5, 0.6) is 0 Å². The van der Waals surface area contributed by atoms with E-state index in [1.807, 2.05) is 6.92 Å². The summed E-state index contributed by atoms with van der Waals surface area (Å²) in [5.74, 6) is -0.770. The third kappa shape index (κ3) is 3.44. The van der Waals surface area contributed by atoms with Crippen LogP contribution >= 0.6 is 0 Å². The molecule has 2 heterocycles. The molecule has 0 amide bonds. The first-order valence-electron chi connectivity index (χ1n) is 9.78. The molecule has 26 heavy (non-hydrogen) atoms. The second-order valence-electron chi connectivity index (χ2n) is 7.80. The molecule has 2 aromatic rings. The highest BCUT2D eigenvalue weighted by molar-refractivity contribution is 5.40. The van der Waals surface area contributed by atoms with Crippen LogP contribution in [-0.2, 0) is 34.7 Å². The summed E-state index contributed by atoms with van der Waals surface area (Å²) in [6.07, 6.45) is 4.02. The average Bonchev–Trinajstić information content (AvgIpc) is 2.93. The zero-order valence-corrected chi connectivity index (χ0v) is 15.7. The molecule has 3 heteroatoms. The van der Waals surface area contributed by atoms with Gasteiger partial charge in [0.15, 0.2) is 5.79 Å². The Morgan fingerprint density at radius 2 is 1.81 bits per heavy atom. The number of hydrogen-bond acceptors (Lipinski definition) is 3. The summed E-state index contributed by atoms with van der Waals surface area (Å²) in [5.41, 5.74) is 6.25. The second-order valence-corrected chi connectivity index (χ2v) is 7.80. The Morgan fingerprint density at radius 1 is 1.08 bits per heavy atom. The molecule has 0 bridgehead atoms. The molecule has 2 aromatic carbocycles. The minimum Gasteiger partial charge on any atom is -0.393 e. The van der Waals surface area contributed by atoms with E-state index in [2.05, 4.69) is 49.4 Å². The molecule has 0 aromatic heterocycles. The molecule has 2 aliphatic rings. The van der Waals surface area contributed by atoms with E-state index >= 15 is 0 Å². The molecule has 1 spiro atoms. The maximum absolute atomic E-state index is 10.2. The summed E-state index contributed by atoms with van der Waals surface area (Å²) in [6, 6.07) is 15.5. The fourth-order valence-electron chi connectivity index (χ4n) is 4.30. The standard InChI is InChI=1S/C23H28O3/c1-3-4-17-5-7-18(8-6-17)12-19-9-10-20-15-25-23(22(20)13-19)14-21(24)11-16(2)26-23/h5-10,13,16,21,24H,3-4,11-12,14-15H2,1-2H3/t16?,21?,23-/m1/s1. The largest absolute Gasteiger partial charge is 0.393 e. The van der Waals surface area contributed by atoms with Crippen LogP contribution in [0.3, 0.4) is 0 Å². The van der Waals surface area contributed by atoms with E-state index in [9.17, 15) is 5.11 Å². The van der Waals surface area contributed by atoms with Gasteiger partial charge in [0.25, 0.3) is 0 Å². The molecule has 0 radical (unpaired) electrons. The van der Waals surface area contributed by atoms with E-state index in [0.29, 0.717) is 19.4 Å². The van der Waals surface area contributed by atoms with Crippen LogP contribution in [-0.4, -0.2) is 17.3 Å². The summed E-state index contributed by atoms with van der Waals surface area (Å²) in [7, 11) is 0. The van der Waals surface area contributed by atoms with Crippen molar-refractivity contribution in [1.82, 2.24) is 0 Å². The van der Waals surface area contributed by atoms with Gasteiger partial charge in [0, 0.05) is 12.0 Å². The number of fused-ring (bicyclic) bond motifs is 2. The zero-order chi connectivity index (χ0) is 18.1. The predicted molar refractivity (Wildman–Crippen MR) is 102 cm³/mol. The van der Waals surface area contributed by atoms with Gasteiger partial charge in [0.1, 0.15) is 0 Å². The molecular formula is C23H28O3. The second kappa shape index (κ2) is 7.15. The van der Waals surface area contributed by atoms with Gasteiger partial charge in [-0.15, -0.1) is 0 Å². The Bertz CT molecular complexity index is 756. The third-order valence-corrected chi connectivity index (χ3v) is 5.52. The van der Waals surface area contributed by atoms with Crippen molar-refractivity contribution in [3.05, 3.63) is 70.3 Å². The van der Waals surface area contributed by atoms with Crippen molar-refractivity contribution >= 4 is 0 Å². The van der Waals surface area contributed by atoms with Crippen LogP contribution < -0.4 is 0 Å². The summed E-state index contributed by atoms with van der Waals surface area (Å²) < 4.78 is 12.3. The first-order valence-corrected chi connectivity index (χ1v) is 9.78. The zero-order valence-electron chi connectivity index (χ0n) is 15.7. The van der Waals surface area contributed by atoms with E-state index < -0.39 is 5.79 Å². The van der Waals surface area contributed by atoms with Gasteiger partial charge in [0.2, 0.25) is 0 Å². The molecule has 0 saturated carbocycles. The van der Waals surface area contributed by atoms with E-state index in [-0.39, 0.29) is 12.2 Å². The first-order chi connectivity index (χ1) is 12.6. The molecule has 2 aliphatic heterocycles. The number of benzene rings is 2. The van der Waals surface area contributed by atoms with E-state index in [4.69, 9.17) is 9.47 Å². The smallest absolute Gasteiger partial charge is 0.198 e. The number of rotatable bonds is 4. The Hall–Kier alpha value is -1.68. The number of hydrogen-bond donors (Lipinski definition) is 1. The Labute approximate surface area is 156 Å². The lowest BCUT2D eigenvalue weighted by atomic mass is 9.90. The maximum Gasteiger partial charge on any atom is 0.198 e. The first kappa shape index (κ1) is 17.7. The van der Waals surface area contributed by atoms with Gasteiger partial charge in [-0.05, 0) is 54.5 Å². The molecule has 3 nitrogen and oxygen atoms in total. The highest BCUT2D eigenvalue weighted by Crippen LogP contribution is 2.45. The molecular weight excluding hydrogens is 324 g/mol. The summed E-state index contributed by atoms with van der Waals surface area (Å²) >= 11 is 0. The summed E-state index contributed by atoms with van der Waals surface area (Å²) in [5, 5.41) is 10.2. The fourth-order valence-corrected chi connectivity index (χ4v) is 4.30. The van der Waals surface area contributed by atoms with Crippen LogP contribution in [0.25, 0.3) is 0 Å². The monoisotopic (exact) mass is 352 g/mol. The molecule has 3 atom stereocenters.